The number of para-hydroxylation sites is 2. The summed E-state index contributed by atoms with van der Waals surface area (Å²) in [5, 5.41) is 0. The topological polar surface area (TPSA) is 40.0 Å². The molecule has 4 nitrogen and oxygen atoms in total. The monoisotopic (exact) mass is 401 g/mol. The molecule has 0 fully saturated rings. The summed E-state index contributed by atoms with van der Waals surface area (Å²) in [6, 6.07) is 23.5. The number of benzene rings is 3. The Bertz CT molecular complexity index is 1040. The summed E-state index contributed by atoms with van der Waals surface area (Å²) in [6.07, 6.45) is 2.57. The van der Waals surface area contributed by atoms with Crippen LogP contribution in [0.1, 0.15) is 25.0 Å². The summed E-state index contributed by atoms with van der Waals surface area (Å²) >= 11 is 0. The van der Waals surface area contributed by atoms with E-state index in [2.05, 4.69) is 13.0 Å². The Morgan fingerprint density at radius 1 is 0.933 bits per heavy atom. The lowest BCUT2D eigenvalue weighted by Crippen LogP contribution is -2.11. The van der Waals surface area contributed by atoms with Gasteiger partial charge in [0.15, 0.2) is 11.5 Å². The predicted octanol–water partition coefficient (Wildman–Crippen LogP) is 6.66. The Morgan fingerprint density at radius 2 is 1.67 bits per heavy atom. The van der Waals surface area contributed by atoms with Gasteiger partial charge in [0, 0.05) is 5.57 Å². The van der Waals surface area contributed by atoms with E-state index in [1.165, 1.54) is 11.1 Å². The first-order chi connectivity index (χ1) is 14.6. The van der Waals surface area contributed by atoms with Crippen LogP contribution in [-0.4, -0.2) is 13.0 Å². The average Bonchev–Trinajstić information content (AvgIpc) is 2.78. The third kappa shape index (κ3) is 5.74. The van der Waals surface area contributed by atoms with Crippen molar-refractivity contribution in [2.24, 2.45) is 4.99 Å². The third-order valence-electron chi connectivity index (χ3n) is 4.55. The van der Waals surface area contributed by atoms with Gasteiger partial charge in [-0.25, -0.2) is 4.99 Å². The molecular weight excluding hydrogens is 374 g/mol. The van der Waals surface area contributed by atoms with E-state index in [0.717, 1.165) is 23.4 Å². The van der Waals surface area contributed by atoms with Crippen LogP contribution in [0.3, 0.4) is 0 Å². The molecule has 0 saturated heterocycles. The molecular formula is C26H27NO3. The number of methoxy groups -OCH3 is 1. The highest BCUT2D eigenvalue weighted by Gasteiger charge is 2.09. The Morgan fingerprint density at radius 3 is 2.37 bits per heavy atom. The molecule has 0 amide bonds. The second-order valence-corrected chi connectivity index (χ2v) is 6.93. The molecule has 30 heavy (non-hydrogen) atoms. The van der Waals surface area contributed by atoms with Gasteiger partial charge in [-0.05, 0) is 62.2 Å². The lowest BCUT2D eigenvalue weighted by atomic mass is 10.2. The van der Waals surface area contributed by atoms with Gasteiger partial charge >= 0.3 is 0 Å². The van der Waals surface area contributed by atoms with Crippen molar-refractivity contribution in [2.75, 3.05) is 7.11 Å². The number of aryl methyl sites for hydroxylation is 2. The fourth-order valence-corrected chi connectivity index (χ4v) is 2.79. The van der Waals surface area contributed by atoms with E-state index < -0.39 is 0 Å². The minimum atomic E-state index is 0.474. The number of hydrogen-bond acceptors (Lipinski definition) is 4. The second kappa shape index (κ2) is 10.3. The van der Waals surface area contributed by atoms with Crippen molar-refractivity contribution in [3.05, 3.63) is 95.8 Å². The molecule has 0 aliphatic heterocycles. The van der Waals surface area contributed by atoms with Crippen molar-refractivity contribution in [3.8, 4) is 17.2 Å². The molecule has 0 aliphatic rings. The van der Waals surface area contributed by atoms with Crippen molar-refractivity contribution in [1.29, 1.82) is 0 Å². The van der Waals surface area contributed by atoms with Gasteiger partial charge in [0.05, 0.1) is 19.1 Å². The summed E-state index contributed by atoms with van der Waals surface area (Å²) < 4.78 is 17.4. The molecule has 0 spiro atoms. The maximum absolute atomic E-state index is 6.17. The van der Waals surface area contributed by atoms with Crippen molar-refractivity contribution < 1.29 is 14.2 Å². The minimum absolute atomic E-state index is 0.474. The molecule has 0 N–H and O–H groups in total. The Balaban J connectivity index is 1.91. The molecule has 3 aromatic carbocycles. The molecule has 0 unspecified atom stereocenters. The Kier molecular flexibility index (Phi) is 7.28. The Labute approximate surface area is 178 Å². The van der Waals surface area contributed by atoms with E-state index in [4.69, 9.17) is 19.2 Å². The Hall–Kier alpha value is -3.53. The first-order valence-corrected chi connectivity index (χ1v) is 9.98. The predicted molar refractivity (Wildman–Crippen MR) is 122 cm³/mol. The van der Waals surface area contributed by atoms with Crippen LogP contribution >= 0.6 is 0 Å². The fraction of sp³-hybridized carbons (Fsp3) is 0.192. The number of hydrogen-bond donors (Lipinski definition) is 0. The molecule has 0 aromatic heterocycles. The summed E-state index contributed by atoms with van der Waals surface area (Å²) in [7, 11) is 1.62. The van der Waals surface area contributed by atoms with E-state index in [0.29, 0.717) is 17.4 Å². The van der Waals surface area contributed by atoms with Gasteiger partial charge in [0.1, 0.15) is 5.75 Å². The zero-order valence-electron chi connectivity index (χ0n) is 17.9. The highest BCUT2D eigenvalue weighted by molar-refractivity contribution is 5.96. The van der Waals surface area contributed by atoms with E-state index in [1.54, 1.807) is 13.4 Å². The van der Waals surface area contributed by atoms with Crippen LogP contribution in [0.25, 0.3) is 0 Å². The zero-order chi connectivity index (χ0) is 21.3. The smallest absolute Gasteiger partial charge is 0.225 e. The quantitative estimate of drug-likeness (QED) is 0.252. The van der Waals surface area contributed by atoms with Gasteiger partial charge in [-0.15, -0.1) is 0 Å². The second-order valence-electron chi connectivity index (χ2n) is 6.93. The molecule has 0 radical (unpaired) electrons. The SMILES string of the molecule is CCc1cccc(OC(=Nc2ccc(C)cc2)C(C)=COc2ccccc2OC)c1. The largest absolute Gasteiger partial charge is 0.493 e. The molecule has 4 heteroatoms. The van der Waals surface area contributed by atoms with E-state index >= 15 is 0 Å². The fourth-order valence-electron chi connectivity index (χ4n) is 2.79. The summed E-state index contributed by atoms with van der Waals surface area (Å²) in [5.41, 5.74) is 3.95. The summed E-state index contributed by atoms with van der Waals surface area (Å²) in [6.45, 7) is 6.08. The first kappa shape index (κ1) is 21.2. The van der Waals surface area contributed by atoms with Gasteiger partial charge < -0.3 is 14.2 Å². The number of nitrogens with zero attached hydrogens (tertiary/aromatic N) is 1. The van der Waals surface area contributed by atoms with Gasteiger partial charge in [-0.3, -0.25) is 0 Å². The van der Waals surface area contributed by atoms with Crippen LogP contribution < -0.4 is 14.2 Å². The van der Waals surface area contributed by atoms with Crippen molar-refractivity contribution in [2.45, 2.75) is 27.2 Å². The van der Waals surface area contributed by atoms with Gasteiger partial charge in [-0.1, -0.05) is 48.9 Å². The lowest BCUT2D eigenvalue weighted by Gasteiger charge is -2.12. The van der Waals surface area contributed by atoms with E-state index in [-0.39, 0.29) is 0 Å². The maximum Gasteiger partial charge on any atom is 0.225 e. The van der Waals surface area contributed by atoms with Gasteiger partial charge in [0.2, 0.25) is 5.90 Å². The van der Waals surface area contributed by atoms with Crippen molar-refractivity contribution in [3.63, 3.8) is 0 Å². The standard InChI is InChI=1S/C26H27NO3/c1-5-21-9-8-10-23(17-21)30-26(27-22-15-13-19(2)14-16-22)20(3)18-29-25-12-7-6-11-24(25)28-4/h6-18H,5H2,1-4H3. The highest BCUT2D eigenvalue weighted by atomic mass is 16.5. The average molecular weight is 402 g/mol. The third-order valence-corrected chi connectivity index (χ3v) is 4.55. The van der Waals surface area contributed by atoms with Crippen LogP contribution in [0.5, 0.6) is 17.2 Å². The zero-order valence-corrected chi connectivity index (χ0v) is 17.9. The van der Waals surface area contributed by atoms with Crippen LogP contribution in [0.15, 0.2) is 89.6 Å². The van der Waals surface area contributed by atoms with Gasteiger partial charge in [0.25, 0.3) is 0 Å². The van der Waals surface area contributed by atoms with Crippen LogP contribution in [0.2, 0.25) is 0 Å². The van der Waals surface area contributed by atoms with E-state index in [9.17, 15) is 0 Å². The van der Waals surface area contributed by atoms with Gasteiger partial charge in [-0.2, -0.15) is 0 Å². The van der Waals surface area contributed by atoms with Crippen LogP contribution in [0, 0.1) is 6.92 Å². The van der Waals surface area contributed by atoms with Crippen LogP contribution in [0.4, 0.5) is 5.69 Å². The summed E-state index contributed by atoms with van der Waals surface area (Å²) in [5.74, 6) is 2.50. The molecule has 0 saturated carbocycles. The number of ether oxygens (including phenoxy) is 3. The first-order valence-electron chi connectivity index (χ1n) is 9.98. The van der Waals surface area contributed by atoms with Crippen molar-refractivity contribution in [1.82, 2.24) is 0 Å². The van der Waals surface area contributed by atoms with Crippen LogP contribution in [-0.2, 0) is 6.42 Å². The molecule has 0 atom stereocenters. The number of rotatable bonds is 7. The lowest BCUT2D eigenvalue weighted by molar-refractivity contribution is 0.377. The highest BCUT2D eigenvalue weighted by Crippen LogP contribution is 2.26. The molecule has 154 valence electrons. The molecule has 0 aliphatic carbocycles. The molecule has 3 rings (SSSR count). The molecule has 0 heterocycles. The minimum Gasteiger partial charge on any atom is -0.493 e. The maximum atomic E-state index is 6.17. The number of aliphatic imine (C=N–C) groups is 1. The normalized spacial score (nSPS) is 11.9. The van der Waals surface area contributed by atoms with E-state index in [1.807, 2.05) is 80.6 Å². The van der Waals surface area contributed by atoms with Crippen molar-refractivity contribution >= 4 is 11.6 Å². The summed E-state index contributed by atoms with van der Waals surface area (Å²) in [4.78, 5) is 4.72. The molecule has 3 aromatic rings. The molecule has 0 bridgehead atoms.